The van der Waals surface area contributed by atoms with Crippen molar-refractivity contribution in [3.63, 3.8) is 0 Å². The van der Waals surface area contributed by atoms with Gasteiger partial charge in [-0.15, -0.1) is 0 Å². The Labute approximate surface area is 135 Å². The molecule has 6 nitrogen and oxygen atoms in total. The van der Waals surface area contributed by atoms with Gasteiger partial charge in [-0.2, -0.15) is 0 Å². The van der Waals surface area contributed by atoms with Crippen LogP contribution in [-0.4, -0.2) is 17.7 Å². The van der Waals surface area contributed by atoms with Crippen LogP contribution >= 0.6 is 0 Å². The first-order valence-electron chi connectivity index (χ1n) is 6.80. The zero-order chi connectivity index (χ0) is 17.7. The first-order chi connectivity index (χ1) is 11.3. The van der Waals surface area contributed by atoms with E-state index in [-0.39, 0.29) is 11.6 Å². The Morgan fingerprint density at radius 1 is 0.833 bits per heavy atom. The maximum Gasteiger partial charge on any atom is 0.314 e. The molecule has 0 saturated carbocycles. The molecular weight excluding hydrogens is 320 g/mol. The van der Waals surface area contributed by atoms with Crippen molar-refractivity contribution in [3.05, 3.63) is 54.1 Å². The van der Waals surface area contributed by atoms with Crippen LogP contribution in [0.1, 0.15) is 6.92 Å². The standard InChI is InChI=1S/C16H13F2N3O3/c1-9(22)19-11-3-2-4-12(8-11)20-15(23)16(24)21-14-7-10(17)5-6-13(14)18/h2-8H,1H3,(H,19,22)(H,20,23)(H,21,24). The summed E-state index contributed by atoms with van der Waals surface area (Å²) in [5.41, 5.74) is 0.236. The number of carbonyl (C=O) groups is 3. The summed E-state index contributed by atoms with van der Waals surface area (Å²) in [5, 5.41) is 6.79. The molecule has 2 aromatic rings. The summed E-state index contributed by atoms with van der Waals surface area (Å²) in [6, 6.07) is 8.58. The van der Waals surface area contributed by atoms with E-state index in [1.807, 2.05) is 5.32 Å². The highest BCUT2D eigenvalue weighted by Gasteiger charge is 2.16. The van der Waals surface area contributed by atoms with Crippen LogP contribution in [0.25, 0.3) is 0 Å². The maximum absolute atomic E-state index is 13.4. The topological polar surface area (TPSA) is 87.3 Å². The molecule has 2 aromatic carbocycles. The van der Waals surface area contributed by atoms with E-state index in [9.17, 15) is 23.2 Å². The lowest BCUT2D eigenvalue weighted by atomic mass is 10.2. The summed E-state index contributed by atoms with van der Waals surface area (Å²) in [4.78, 5) is 34.6. The van der Waals surface area contributed by atoms with Crippen LogP contribution < -0.4 is 16.0 Å². The Morgan fingerprint density at radius 2 is 1.46 bits per heavy atom. The average molecular weight is 333 g/mol. The van der Waals surface area contributed by atoms with Gasteiger partial charge >= 0.3 is 11.8 Å². The fourth-order valence-corrected chi connectivity index (χ4v) is 1.84. The molecule has 0 aliphatic carbocycles. The fraction of sp³-hybridized carbons (Fsp3) is 0.0625. The van der Waals surface area contributed by atoms with E-state index in [2.05, 4.69) is 10.6 Å². The largest absolute Gasteiger partial charge is 0.326 e. The number of halogens is 2. The van der Waals surface area contributed by atoms with Crippen LogP contribution in [0.4, 0.5) is 25.8 Å². The van der Waals surface area contributed by atoms with Crippen LogP contribution in [0.3, 0.4) is 0 Å². The van der Waals surface area contributed by atoms with Crippen LogP contribution in [-0.2, 0) is 14.4 Å². The number of hydrogen-bond acceptors (Lipinski definition) is 3. The van der Waals surface area contributed by atoms with E-state index in [1.54, 1.807) is 12.1 Å². The number of benzene rings is 2. The first-order valence-corrected chi connectivity index (χ1v) is 6.80. The zero-order valence-electron chi connectivity index (χ0n) is 12.5. The molecule has 2 rings (SSSR count). The number of carbonyl (C=O) groups excluding carboxylic acids is 3. The van der Waals surface area contributed by atoms with E-state index < -0.39 is 29.1 Å². The molecule has 3 amide bonds. The fourth-order valence-electron chi connectivity index (χ4n) is 1.84. The highest BCUT2D eigenvalue weighted by atomic mass is 19.1. The highest BCUT2D eigenvalue weighted by Crippen LogP contribution is 2.17. The number of anilines is 3. The molecule has 0 atom stereocenters. The molecular formula is C16H13F2N3O3. The predicted octanol–water partition coefficient (Wildman–Crippen LogP) is 2.50. The van der Waals surface area contributed by atoms with Gasteiger partial charge in [0.25, 0.3) is 0 Å². The third kappa shape index (κ3) is 4.60. The summed E-state index contributed by atoms with van der Waals surface area (Å²) in [6.45, 7) is 1.33. The molecule has 0 fully saturated rings. The van der Waals surface area contributed by atoms with E-state index in [0.717, 1.165) is 18.2 Å². The molecule has 3 N–H and O–H groups in total. The summed E-state index contributed by atoms with van der Waals surface area (Å²) >= 11 is 0. The van der Waals surface area contributed by atoms with Crippen molar-refractivity contribution in [2.24, 2.45) is 0 Å². The highest BCUT2D eigenvalue weighted by molar-refractivity contribution is 6.43. The van der Waals surface area contributed by atoms with Gasteiger partial charge in [-0.25, -0.2) is 8.78 Å². The Hall–Kier alpha value is -3.29. The summed E-state index contributed by atoms with van der Waals surface area (Å²) in [7, 11) is 0. The normalized spacial score (nSPS) is 9.96. The molecule has 0 saturated heterocycles. The minimum atomic E-state index is -1.16. The Balaban J connectivity index is 2.05. The number of rotatable bonds is 3. The second-order valence-electron chi connectivity index (χ2n) is 4.79. The van der Waals surface area contributed by atoms with Crippen molar-refractivity contribution in [1.82, 2.24) is 0 Å². The first kappa shape index (κ1) is 17.1. The predicted molar refractivity (Wildman–Crippen MR) is 84.4 cm³/mol. The molecule has 0 aromatic heterocycles. The van der Waals surface area contributed by atoms with Gasteiger partial charge in [-0.3, -0.25) is 14.4 Å². The third-order valence-corrected chi connectivity index (χ3v) is 2.82. The molecule has 0 radical (unpaired) electrons. The lowest BCUT2D eigenvalue weighted by Crippen LogP contribution is -2.29. The average Bonchev–Trinajstić information content (AvgIpc) is 2.50. The van der Waals surface area contributed by atoms with Gasteiger partial charge in [0.05, 0.1) is 5.69 Å². The molecule has 24 heavy (non-hydrogen) atoms. The zero-order valence-corrected chi connectivity index (χ0v) is 12.5. The quantitative estimate of drug-likeness (QED) is 0.754. The van der Waals surface area contributed by atoms with Gasteiger partial charge in [-0.05, 0) is 30.3 Å². The van der Waals surface area contributed by atoms with Crippen molar-refractivity contribution in [3.8, 4) is 0 Å². The number of hydrogen-bond donors (Lipinski definition) is 3. The summed E-state index contributed by atoms with van der Waals surface area (Å²) in [5.74, 6) is -4.15. The molecule has 0 aliphatic heterocycles. The van der Waals surface area contributed by atoms with E-state index in [4.69, 9.17) is 0 Å². The molecule has 0 spiro atoms. The molecule has 0 heterocycles. The second-order valence-corrected chi connectivity index (χ2v) is 4.79. The minimum Gasteiger partial charge on any atom is -0.326 e. The smallest absolute Gasteiger partial charge is 0.314 e. The minimum absolute atomic E-state index is 0.251. The van der Waals surface area contributed by atoms with Crippen molar-refractivity contribution < 1.29 is 23.2 Å². The van der Waals surface area contributed by atoms with Gasteiger partial charge < -0.3 is 16.0 Å². The third-order valence-electron chi connectivity index (χ3n) is 2.82. The lowest BCUT2D eigenvalue weighted by Gasteiger charge is -2.09. The Morgan fingerprint density at radius 3 is 2.12 bits per heavy atom. The molecule has 124 valence electrons. The van der Waals surface area contributed by atoms with Crippen molar-refractivity contribution in [2.45, 2.75) is 6.92 Å². The van der Waals surface area contributed by atoms with Crippen molar-refractivity contribution in [1.29, 1.82) is 0 Å². The van der Waals surface area contributed by atoms with Crippen molar-refractivity contribution >= 4 is 34.8 Å². The SMILES string of the molecule is CC(=O)Nc1cccc(NC(=O)C(=O)Nc2cc(F)ccc2F)c1. The van der Waals surface area contributed by atoms with E-state index in [0.29, 0.717) is 5.69 Å². The van der Waals surface area contributed by atoms with Crippen LogP contribution in [0.15, 0.2) is 42.5 Å². The monoisotopic (exact) mass is 333 g/mol. The number of amides is 3. The van der Waals surface area contributed by atoms with E-state index >= 15 is 0 Å². The Kier molecular flexibility index (Phi) is 5.20. The van der Waals surface area contributed by atoms with Crippen LogP contribution in [0, 0.1) is 11.6 Å². The van der Waals surface area contributed by atoms with Gasteiger partial charge in [-0.1, -0.05) is 6.07 Å². The summed E-state index contributed by atoms with van der Waals surface area (Å²) < 4.78 is 26.5. The second kappa shape index (κ2) is 7.32. The van der Waals surface area contributed by atoms with Gasteiger partial charge in [0, 0.05) is 24.4 Å². The molecule has 0 unspecified atom stereocenters. The van der Waals surface area contributed by atoms with Gasteiger partial charge in [0.1, 0.15) is 11.6 Å². The molecule has 0 bridgehead atoms. The summed E-state index contributed by atoms with van der Waals surface area (Å²) in [6.07, 6.45) is 0. The lowest BCUT2D eigenvalue weighted by molar-refractivity contribution is -0.133. The van der Waals surface area contributed by atoms with E-state index in [1.165, 1.54) is 19.1 Å². The van der Waals surface area contributed by atoms with Crippen LogP contribution in [0.2, 0.25) is 0 Å². The van der Waals surface area contributed by atoms with Crippen molar-refractivity contribution in [2.75, 3.05) is 16.0 Å². The van der Waals surface area contributed by atoms with Crippen LogP contribution in [0.5, 0.6) is 0 Å². The molecule has 8 heteroatoms. The maximum atomic E-state index is 13.4. The van der Waals surface area contributed by atoms with Gasteiger partial charge in [0.2, 0.25) is 5.91 Å². The Bertz CT molecular complexity index is 809. The number of nitrogens with one attached hydrogen (secondary N) is 3. The van der Waals surface area contributed by atoms with Gasteiger partial charge in [0.15, 0.2) is 0 Å². The molecule has 0 aliphatic rings.